The van der Waals surface area contributed by atoms with E-state index in [-0.39, 0.29) is 12.5 Å². The first-order valence-corrected chi connectivity index (χ1v) is 10.1. The molecule has 146 valence electrons. The van der Waals surface area contributed by atoms with Crippen molar-refractivity contribution in [3.63, 3.8) is 0 Å². The Bertz CT molecular complexity index is 866. The molecule has 0 aliphatic rings. The fourth-order valence-electron chi connectivity index (χ4n) is 2.41. The second-order valence-corrected chi connectivity index (χ2v) is 7.25. The highest BCUT2D eigenvalue weighted by Crippen LogP contribution is 2.19. The lowest BCUT2D eigenvalue weighted by atomic mass is 10.2. The molecule has 1 amide bonds. The molecule has 1 aromatic heterocycles. The van der Waals surface area contributed by atoms with Crippen molar-refractivity contribution < 1.29 is 14.3 Å². The fourth-order valence-corrected chi connectivity index (χ4v) is 3.21. The molecule has 0 saturated heterocycles. The van der Waals surface area contributed by atoms with Gasteiger partial charge in [0.15, 0.2) is 6.61 Å². The van der Waals surface area contributed by atoms with Gasteiger partial charge in [-0.2, -0.15) is 0 Å². The van der Waals surface area contributed by atoms with Gasteiger partial charge in [-0.05, 0) is 36.2 Å². The van der Waals surface area contributed by atoms with Gasteiger partial charge in [0.25, 0.3) is 5.91 Å². The maximum absolute atomic E-state index is 12.0. The van der Waals surface area contributed by atoms with Crippen LogP contribution in [0.2, 0.25) is 0 Å². The minimum Gasteiger partial charge on any atom is -0.489 e. The number of aromatic nitrogens is 2. The molecule has 28 heavy (non-hydrogen) atoms. The first-order chi connectivity index (χ1) is 13.7. The van der Waals surface area contributed by atoms with Crippen LogP contribution in [0.15, 0.2) is 54.6 Å². The van der Waals surface area contributed by atoms with Crippen LogP contribution in [-0.4, -0.2) is 22.7 Å². The van der Waals surface area contributed by atoms with E-state index in [1.807, 2.05) is 42.5 Å². The molecule has 0 spiro atoms. The molecule has 0 atom stereocenters. The molecule has 0 aliphatic heterocycles. The fraction of sp³-hybridized carbons (Fsp3) is 0.286. The van der Waals surface area contributed by atoms with E-state index in [2.05, 4.69) is 22.4 Å². The zero-order chi connectivity index (χ0) is 19.6. The molecular weight excluding hydrogens is 374 g/mol. The molecular formula is C21H23N3O3S. The second-order valence-electron chi connectivity index (χ2n) is 6.19. The Morgan fingerprint density at radius 1 is 1.00 bits per heavy atom. The molecule has 2 aromatic carbocycles. The standard InChI is InChI=1S/C21H23N3O3S/c1-2-3-9-20-23-24-21(28-20)22-19(25)15-27-18-12-10-17(11-13-18)26-14-16-7-5-4-6-8-16/h4-8,10-13H,2-3,9,14-15H2,1H3,(H,22,24,25). The van der Waals surface area contributed by atoms with E-state index in [0.717, 1.165) is 35.6 Å². The lowest BCUT2D eigenvalue weighted by molar-refractivity contribution is -0.118. The van der Waals surface area contributed by atoms with Gasteiger partial charge < -0.3 is 9.47 Å². The van der Waals surface area contributed by atoms with Crippen molar-refractivity contribution in [2.24, 2.45) is 0 Å². The summed E-state index contributed by atoms with van der Waals surface area (Å²) in [5, 5.41) is 12.2. The highest BCUT2D eigenvalue weighted by molar-refractivity contribution is 7.15. The van der Waals surface area contributed by atoms with Crippen molar-refractivity contribution in [3.8, 4) is 11.5 Å². The molecule has 0 unspecified atom stereocenters. The van der Waals surface area contributed by atoms with Crippen LogP contribution >= 0.6 is 11.3 Å². The topological polar surface area (TPSA) is 73.3 Å². The van der Waals surface area contributed by atoms with Crippen LogP contribution in [0.5, 0.6) is 11.5 Å². The van der Waals surface area contributed by atoms with Crippen molar-refractivity contribution in [2.45, 2.75) is 32.8 Å². The zero-order valence-electron chi connectivity index (χ0n) is 15.8. The number of rotatable bonds is 10. The number of aryl methyl sites for hydroxylation is 1. The minimum atomic E-state index is -0.261. The maximum Gasteiger partial charge on any atom is 0.264 e. The Balaban J connectivity index is 1.41. The molecule has 1 heterocycles. The number of hydrogen-bond acceptors (Lipinski definition) is 6. The lowest BCUT2D eigenvalue weighted by Crippen LogP contribution is -2.20. The summed E-state index contributed by atoms with van der Waals surface area (Å²) >= 11 is 1.40. The van der Waals surface area contributed by atoms with Gasteiger partial charge in [-0.1, -0.05) is 55.0 Å². The predicted molar refractivity (Wildman–Crippen MR) is 110 cm³/mol. The highest BCUT2D eigenvalue weighted by atomic mass is 32.1. The van der Waals surface area contributed by atoms with Crippen molar-refractivity contribution in [2.75, 3.05) is 11.9 Å². The third-order valence-electron chi connectivity index (χ3n) is 3.90. The summed E-state index contributed by atoms with van der Waals surface area (Å²) in [6, 6.07) is 17.2. The second kappa shape index (κ2) is 10.4. The van der Waals surface area contributed by atoms with Crippen LogP contribution in [0, 0.1) is 0 Å². The van der Waals surface area contributed by atoms with E-state index in [4.69, 9.17) is 9.47 Å². The summed E-state index contributed by atoms with van der Waals surface area (Å²) in [7, 11) is 0. The molecule has 0 fully saturated rings. The van der Waals surface area contributed by atoms with Gasteiger partial charge in [0, 0.05) is 6.42 Å². The number of unbranched alkanes of at least 4 members (excludes halogenated alkanes) is 1. The molecule has 7 heteroatoms. The summed E-state index contributed by atoms with van der Waals surface area (Å²) in [4.78, 5) is 12.0. The zero-order valence-corrected chi connectivity index (χ0v) is 16.6. The van der Waals surface area contributed by atoms with Crippen LogP contribution in [-0.2, 0) is 17.8 Å². The smallest absolute Gasteiger partial charge is 0.264 e. The van der Waals surface area contributed by atoms with Crippen molar-refractivity contribution in [1.29, 1.82) is 0 Å². The minimum absolute atomic E-state index is 0.0892. The summed E-state index contributed by atoms with van der Waals surface area (Å²) in [5.74, 6) is 1.08. The van der Waals surface area contributed by atoms with Crippen molar-refractivity contribution in [3.05, 3.63) is 65.2 Å². The number of hydrogen-bond donors (Lipinski definition) is 1. The van der Waals surface area contributed by atoms with Gasteiger partial charge in [0.05, 0.1) is 0 Å². The van der Waals surface area contributed by atoms with Gasteiger partial charge in [-0.25, -0.2) is 0 Å². The summed E-state index contributed by atoms with van der Waals surface area (Å²) < 4.78 is 11.3. The van der Waals surface area contributed by atoms with Gasteiger partial charge in [0.1, 0.15) is 23.1 Å². The van der Waals surface area contributed by atoms with E-state index < -0.39 is 0 Å². The normalized spacial score (nSPS) is 10.5. The monoisotopic (exact) mass is 397 g/mol. The third kappa shape index (κ3) is 6.35. The SMILES string of the molecule is CCCCc1nnc(NC(=O)COc2ccc(OCc3ccccc3)cc2)s1. The Kier molecular flexibility index (Phi) is 7.37. The van der Waals surface area contributed by atoms with Crippen LogP contribution in [0.1, 0.15) is 30.3 Å². The number of anilines is 1. The molecule has 3 rings (SSSR count). The number of carbonyl (C=O) groups is 1. The molecule has 0 radical (unpaired) electrons. The quantitative estimate of drug-likeness (QED) is 0.546. The highest BCUT2D eigenvalue weighted by Gasteiger charge is 2.09. The molecule has 0 aliphatic carbocycles. The Morgan fingerprint density at radius 2 is 1.71 bits per heavy atom. The van der Waals surface area contributed by atoms with Crippen molar-refractivity contribution >= 4 is 22.4 Å². The lowest BCUT2D eigenvalue weighted by Gasteiger charge is -2.08. The molecule has 3 aromatic rings. The Labute approximate surface area is 168 Å². The number of amides is 1. The van der Waals surface area contributed by atoms with E-state index in [9.17, 15) is 4.79 Å². The Hall–Kier alpha value is -2.93. The first kappa shape index (κ1) is 19.8. The molecule has 0 bridgehead atoms. The number of benzene rings is 2. The molecule has 6 nitrogen and oxygen atoms in total. The summed E-state index contributed by atoms with van der Waals surface area (Å²) in [6.07, 6.45) is 3.06. The van der Waals surface area contributed by atoms with Crippen LogP contribution in [0.25, 0.3) is 0 Å². The average molecular weight is 398 g/mol. The summed E-state index contributed by atoms with van der Waals surface area (Å²) in [6.45, 7) is 2.54. The number of nitrogens with zero attached hydrogens (tertiary/aromatic N) is 2. The van der Waals surface area contributed by atoms with E-state index >= 15 is 0 Å². The van der Waals surface area contributed by atoms with Crippen LogP contribution in [0.3, 0.4) is 0 Å². The van der Waals surface area contributed by atoms with E-state index in [1.165, 1.54) is 11.3 Å². The van der Waals surface area contributed by atoms with Gasteiger partial charge in [0.2, 0.25) is 5.13 Å². The number of carbonyl (C=O) groups excluding carboxylic acids is 1. The van der Waals surface area contributed by atoms with E-state index in [1.54, 1.807) is 12.1 Å². The molecule has 0 saturated carbocycles. The average Bonchev–Trinajstić information content (AvgIpc) is 3.18. The largest absolute Gasteiger partial charge is 0.489 e. The van der Waals surface area contributed by atoms with Gasteiger partial charge >= 0.3 is 0 Å². The van der Waals surface area contributed by atoms with Gasteiger partial charge in [-0.15, -0.1) is 10.2 Å². The van der Waals surface area contributed by atoms with Crippen LogP contribution < -0.4 is 14.8 Å². The van der Waals surface area contributed by atoms with Crippen LogP contribution in [0.4, 0.5) is 5.13 Å². The maximum atomic E-state index is 12.0. The summed E-state index contributed by atoms with van der Waals surface area (Å²) in [5.41, 5.74) is 1.11. The van der Waals surface area contributed by atoms with Crippen molar-refractivity contribution in [1.82, 2.24) is 10.2 Å². The predicted octanol–water partition coefficient (Wildman–Crippen LogP) is 4.48. The molecule has 1 N–H and O–H groups in total. The number of nitrogens with one attached hydrogen (secondary N) is 1. The van der Waals surface area contributed by atoms with E-state index in [0.29, 0.717) is 17.5 Å². The first-order valence-electron chi connectivity index (χ1n) is 9.25. The van der Waals surface area contributed by atoms with Gasteiger partial charge in [-0.3, -0.25) is 10.1 Å². The third-order valence-corrected chi connectivity index (χ3v) is 4.80. The number of ether oxygens (including phenoxy) is 2. The Morgan fingerprint density at radius 3 is 2.43 bits per heavy atom.